The minimum Gasteiger partial charge on any atom is -0.237 e. The number of nitrogens with zero attached hydrogens (tertiary/aromatic N) is 2. The monoisotopic (exact) mass is 258 g/mol. The maximum Gasteiger partial charge on any atom is 0.0814 e. The molecule has 1 aliphatic heterocycles. The van der Waals surface area contributed by atoms with Gasteiger partial charge in [-0.3, -0.25) is 0 Å². The van der Waals surface area contributed by atoms with E-state index in [1.807, 2.05) is 29.3 Å². The van der Waals surface area contributed by atoms with E-state index in [9.17, 15) is 0 Å². The molecule has 96 valence electrons. The first-order valence-corrected chi connectivity index (χ1v) is 6.81. The van der Waals surface area contributed by atoms with E-state index in [0.29, 0.717) is 0 Å². The lowest BCUT2D eigenvalue weighted by Gasteiger charge is -2.16. The van der Waals surface area contributed by atoms with Crippen LogP contribution in [-0.2, 0) is 0 Å². The van der Waals surface area contributed by atoms with Crippen LogP contribution < -0.4 is 5.01 Å². The highest BCUT2D eigenvalue weighted by Gasteiger charge is 2.33. The van der Waals surface area contributed by atoms with Gasteiger partial charge in [0.15, 0.2) is 0 Å². The second-order valence-electron chi connectivity index (χ2n) is 4.95. The van der Waals surface area contributed by atoms with Crippen LogP contribution in [0, 0.1) is 5.92 Å². The predicted molar refractivity (Wildman–Crippen MR) is 82.6 cm³/mol. The van der Waals surface area contributed by atoms with Crippen LogP contribution in [0.1, 0.15) is 5.56 Å². The topological polar surface area (TPSA) is 15.6 Å². The van der Waals surface area contributed by atoms with Crippen molar-refractivity contribution in [2.24, 2.45) is 11.0 Å². The molecule has 0 fully saturated rings. The van der Waals surface area contributed by atoms with Gasteiger partial charge in [-0.05, 0) is 23.8 Å². The molecule has 0 bridgehead atoms. The smallest absolute Gasteiger partial charge is 0.0814 e. The van der Waals surface area contributed by atoms with E-state index in [1.165, 1.54) is 11.3 Å². The number of allylic oxidation sites excluding steroid dienone is 3. The number of rotatable bonds is 2. The molecule has 1 atom stereocenters. The standard InChI is InChI=1S/C18H14N2/c1-3-8-14(9-4-1)18-16-12-7-13-17(16)20(19-18)15-10-5-2-6-11-15/h1-13,16H. The van der Waals surface area contributed by atoms with Crippen molar-refractivity contribution in [3.63, 3.8) is 0 Å². The van der Waals surface area contributed by atoms with E-state index in [-0.39, 0.29) is 5.92 Å². The van der Waals surface area contributed by atoms with E-state index in [4.69, 9.17) is 5.10 Å². The molecular weight excluding hydrogens is 244 g/mol. The van der Waals surface area contributed by atoms with Gasteiger partial charge in [0.05, 0.1) is 23.0 Å². The summed E-state index contributed by atoms with van der Waals surface area (Å²) in [6.45, 7) is 0. The maximum atomic E-state index is 4.84. The van der Waals surface area contributed by atoms with Gasteiger partial charge in [-0.15, -0.1) is 0 Å². The summed E-state index contributed by atoms with van der Waals surface area (Å²) in [7, 11) is 0. The highest BCUT2D eigenvalue weighted by atomic mass is 15.5. The molecule has 2 aliphatic rings. The molecule has 0 amide bonds. The minimum atomic E-state index is 0.276. The van der Waals surface area contributed by atoms with E-state index < -0.39 is 0 Å². The fourth-order valence-electron chi connectivity index (χ4n) is 2.75. The Morgan fingerprint density at radius 2 is 1.55 bits per heavy atom. The van der Waals surface area contributed by atoms with Crippen LogP contribution in [0.25, 0.3) is 0 Å². The molecule has 0 N–H and O–H groups in total. The van der Waals surface area contributed by atoms with Crippen LogP contribution in [0.3, 0.4) is 0 Å². The van der Waals surface area contributed by atoms with Crippen molar-refractivity contribution in [2.75, 3.05) is 5.01 Å². The summed E-state index contributed by atoms with van der Waals surface area (Å²) in [6, 6.07) is 20.7. The Labute approximate surface area is 118 Å². The average Bonchev–Trinajstić information content (AvgIpc) is 3.11. The molecule has 1 aliphatic carbocycles. The Morgan fingerprint density at radius 1 is 0.850 bits per heavy atom. The Morgan fingerprint density at radius 3 is 2.30 bits per heavy atom. The Balaban J connectivity index is 1.81. The number of benzene rings is 2. The van der Waals surface area contributed by atoms with Crippen LogP contribution in [-0.4, -0.2) is 5.71 Å². The molecule has 0 saturated carbocycles. The number of hydrogen-bond acceptors (Lipinski definition) is 2. The molecule has 2 aromatic carbocycles. The second-order valence-corrected chi connectivity index (χ2v) is 4.95. The number of anilines is 1. The van der Waals surface area contributed by atoms with Crippen molar-refractivity contribution >= 4 is 11.4 Å². The molecular formula is C18H14N2. The molecule has 2 aromatic rings. The van der Waals surface area contributed by atoms with Crippen molar-refractivity contribution in [3.05, 3.63) is 90.2 Å². The summed E-state index contributed by atoms with van der Waals surface area (Å²) < 4.78 is 0. The van der Waals surface area contributed by atoms with Crippen molar-refractivity contribution in [3.8, 4) is 0 Å². The summed E-state index contributed by atoms with van der Waals surface area (Å²) in [5, 5.41) is 6.89. The molecule has 0 saturated heterocycles. The lowest BCUT2D eigenvalue weighted by Crippen LogP contribution is -2.13. The largest absolute Gasteiger partial charge is 0.237 e. The number of fused-ring (bicyclic) bond motifs is 1. The van der Waals surface area contributed by atoms with Crippen LogP contribution in [0.15, 0.2) is 89.7 Å². The van der Waals surface area contributed by atoms with Gasteiger partial charge in [0, 0.05) is 0 Å². The first kappa shape index (κ1) is 11.2. The minimum absolute atomic E-state index is 0.276. The van der Waals surface area contributed by atoms with Gasteiger partial charge in [0.1, 0.15) is 0 Å². The zero-order chi connectivity index (χ0) is 13.4. The zero-order valence-electron chi connectivity index (χ0n) is 11.0. The van der Waals surface area contributed by atoms with Crippen molar-refractivity contribution in [2.45, 2.75) is 0 Å². The van der Waals surface area contributed by atoms with Gasteiger partial charge >= 0.3 is 0 Å². The molecule has 0 aromatic heterocycles. The molecule has 1 heterocycles. The first-order valence-electron chi connectivity index (χ1n) is 6.81. The summed E-state index contributed by atoms with van der Waals surface area (Å²) in [4.78, 5) is 0. The fraction of sp³-hybridized carbons (Fsp3) is 0.0556. The van der Waals surface area contributed by atoms with Crippen LogP contribution in [0.2, 0.25) is 0 Å². The van der Waals surface area contributed by atoms with Gasteiger partial charge < -0.3 is 0 Å². The Bertz CT molecular complexity index is 712. The van der Waals surface area contributed by atoms with Gasteiger partial charge in [-0.1, -0.05) is 60.7 Å². The van der Waals surface area contributed by atoms with Gasteiger partial charge in [-0.25, -0.2) is 5.01 Å². The SMILES string of the molecule is C1=CC2C(=C1)N(c1ccccc1)N=C2c1ccccc1. The fourth-order valence-corrected chi connectivity index (χ4v) is 2.75. The predicted octanol–water partition coefficient (Wildman–Crippen LogP) is 3.98. The average molecular weight is 258 g/mol. The maximum absolute atomic E-state index is 4.84. The summed E-state index contributed by atoms with van der Waals surface area (Å²) in [5.41, 5.74) is 4.65. The summed E-state index contributed by atoms with van der Waals surface area (Å²) in [6.07, 6.45) is 6.48. The quantitative estimate of drug-likeness (QED) is 0.795. The molecule has 4 rings (SSSR count). The molecule has 2 nitrogen and oxygen atoms in total. The highest BCUT2D eigenvalue weighted by Crippen LogP contribution is 2.36. The highest BCUT2D eigenvalue weighted by molar-refractivity contribution is 6.08. The van der Waals surface area contributed by atoms with Gasteiger partial charge in [-0.2, -0.15) is 5.10 Å². The van der Waals surface area contributed by atoms with E-state index in [1.54, 1.807) is 0 Å². The van der Waals surface area contributed by atoms with Crippen molar-refractivity contribution < 1.29 is 0 Å². The van der Waals surface area contributed by atoms with Gasteiger partial charge in [0.25, 0.3) is 0 Å². The number of hydrogen-bond donors (Lipinski definition) is 0. The molecule has 0 radical (unpaired) electrons. The van der Waals surface area contributed by atoms with Gasteiger partial charge in [0.2, 0.25) is 0 Å². The van der Waals surface area contributed by atoms with Crippen LogP contribution in [0.5, 0.6) is 0 Å². The second kappa shape index (κ2) is 4.49. The van der Waals surface area contributed by atoms with E-state index in [2.05, 4.69) is 54.6 Å². The zero-order valence-corrected chi connectivity index (χ0v) is 11.0. The lowest BCUT2D eigenvalue weighted by atomic mass is 9.97. The molecule has 20 heavy (non-hydrogen) atoms. The van der Waals surface area contributed by atoms with E-state index in [0.717, 1.165) is 11.4 Å². The third-order valence-electron chi connectivity index (χ3n) is 3.71. The summed E-state index contributed by atoms with van der Waals surface area (Å²) >= 11 is 0. The van der Waals surface area contributed by atoms with E-state index >= 15 is 0 Å². The molecule has 0 spiro atoms. The molecule has 1 unspecified atom stereocenters. The molecule has 2 heteroatoms. The third kappa shape index (κ3) is 1.69. The number of para-hydroxylation sites is 1. The first-order chi connectivity index (χ1) is 9.93. The van der Waals surface area contributed by atoms with Crippen LogP contribution >= 0.6 is 0 Å². The Kier molecular flexibility index (Phi) is 2.52. The number of hydrazone groups is 1. The van der Waals surface area contributed by atoms with Crippen molar-refractivity contribution in [1.29, 1.82) is 0 Å². The Hall–Kier alpha value is -2.61. The van der Waals surface area contributed by atoms with Crippen molar-refractivity contribution in [1.82, 2.24) is 0 Å². The summed E-state index contributed by atoms with van der Waals surface area (Å²) in [5.74, 6) is 0.276. The lowest BCUT2D eigenvalue weighted by molar-refractivity contribution is 0.979. The third-order valence-corrected chi connectivity index (χ3v) is 3.71. The normalized spacial score (nSPS) is 19.8. The van der Waals surface area contributed by atoms with Crippen LogP contribution in [0.4, 0.5) is 5.69 Å².